The Morgan fingerprint density at radius 2 is 1.88 bits per heavy atom. The SMILES string of the molecule is CCOC(=O)C(CC)NCC(C)(C)OCC. The molecular weight excluding hydrogens is 206 g/mol. The van der Waals surface area contributed by atoms with Crippen LogP contribution in [0.3, 0.4) is 0 Å². The lowest BCUT2D eigenvalue weighted by Crippen LogP contribution is -2.46. The summed E-state index contributed by atoms with van der Waals surface area (Å²) < 4.78 is 10.5. The lowest BCUT2D eigenvalue weighted by Gasteiger charge is -2.27. The normalized spacial score (nSPS) is 13.6. The largest absolute Gasteiger partial charge is 0.465 e. The van der Waals surface area contributed by atoms with E-state index in [0.717, 1.165) is 6.42 Å². The molecule has 96 valence electrons. The summed E-state index contributed by atoms with van der Waals surface area (Å²) >= 11 is 0. The van der Waals surface area contributed by atoms with Crippen LogP contribution in [-0.4, -0.2) is 37.4 Å². The highest BCUT2D eigenvalue weighted by atomic mass is 16.5. The fraction of sp³-hybridized carbons (Fsp3) is 0.917. The molecule has 0 aliphatic carbocycles. The van der Waals surface area contributed by atoms with Crippen molar-refractivity contribution >= 4 is 5.97 Å². The van der Waals surface area contributed by atoms with Gasteiger partial charge in [0.05, 0.1) is 12.2 Å². The van der Waals surface area contributed by atoms with Gasteiger partial charge in [0.1, 0.15) is 6.04 Å². The van der Waals surface area contributed by atoms with Gasteiger partial charge in [0, 0.05) is 13.2 Å². The van der Waals surface area contributed by atoms with E-state index in [-0.39, 0.29) is 17.6 Å². The van der Waals surface area contributed by atoms with Gasteiger partial charge in [0.2, 0.25) is 0 Å². The summed E-state index contributed by atoms with van der Waals surface area (Å²) in [4.78, 5) is 11.5. The molecule has 0 rings (SSSR count). The third-order valence-corrected chi connectivity index (χ3v) is 2.29. The Kier molecular flexibility index (Phi) is 7.34. The van der Waals surface area contributed by atoms with Gasteiger partial charge in [-0.05, 0) is 34.1 Å². The van der Waals surface area contributed by atoms with Crippen molar-refractivity contribution in [3.63, 3.8) is 0 Å². The van der Waals surface area contributed by atoms with Crippen LogP contribution in [0.2, 0.25) is 0 Å². The number of hydrogen-bond donors (Lipinski definition) is 1. The van der Waals surface area contributed by atoms with E-state index in [1.54, 1.807) is 0 Å². The maximum absolute atomic E-state index is 11.5. The molecule has 0 aliphatic rings. The van der Waals surface area contributed by atoms with Crippen molar-refractivity contribution < 1.29 is 14.3 Å². The molecule has 0 radical (unpaired) electrons. The van der Waals surface area contributed by atoms with E-state index < -0.39 is 0 Å². The Morgan fingerprint density at radius 1 is 1.25 bits per heavy atom. The van der Waals surface area contributed by atoms with Gasteiger partial charge >= 0.3 is 5.97 Å². The fourth-order valence-corrected chi connectivity index (χ4v) is 1.45. The number of hydrogen-bond acceptors (Lipinski definition) is 4. The number of carbonyl (C=O) groups is 1. The smallest absolute Gasteiger partial charge is 0.323 e. The lowest BCUT2D eigenvalue weighted by molar-refractivity contribution is -0.146. The zero-order valence-corrected chi connectivity index (χ0v) is 11.1. The quantitative estimate of drug-likeness (QED) is 0.646. The van der Waals surface area contributed by atoms with Gasteiger partial charge in [-0.25, -0.2) is 0 Å². The molecule has 0 amide bonds. The van der Waals surface area contributed by atoms with E-state index in [2.05, 4.69) is 5.32 Å². The van der Waals surface area contributed by atoms with Crippen molar-refractivity contribution in [3.8, 4) is 0 Å². The second-order valence-corrected chi connectivity index (χ2v) is 4.29. The molecule has 1 N–H and O–H groups in total. The Bertz CT molecular complexity index is 204. The Hall–Kier alpha value is -0.610. The van der Waals surface area contributed by atoms with E-state index >= 15 is 0 Å². The maximum atomic E-state index is 11.5. The highest BCUT2D eigenvalue weighted by Crippen LogP contribution is 2.08. The topological polar surface area (TPSA) is 47.6 Å². The molecule has 1 atom stereocenters. The van der Waals surface area contributed by atoms with Crippen LogP contribution in [0.15, 0.2) is 0 Å². The van der Waals surface area contributed by atoms with E-state index in [9.17, 15) is 4.79 Å². The molecule has 0 fully saturated rings. The standard InChI is InChI=1S/C12H25NO3/c1-6-10(11(14)15-7-2)13-9-12(4,5)16-8-3/h10,13H,6-9H2,1-5H3. The van der Waals surface area contributed by atoms with Crippen LogP contribution in [0.4, 0.5) is 0 Å². The molecule has 0 saturated carbocycles. The van der Waals surface area contributed by atoms with Gasteiger partial charge in [-0.2, -0.15) is 0 Å². The van der Waals surface area contributed by atoms with Crippen molar-refractivity contribution in [2.75, 3.05) is 19.8 Å². The minimum absolute atomic E-state index is 0.183. The van der Waals surface area contributed by atoms with Gasteiger partial charge in [0.25, 0.3) is 0 Å². The molecule has 0 aromatic rings. The van der Waals surface area contributed by atoms with Crippen LogP contribution in [0.25, 0.3) is 0 Å². The summed E-state index contributed by atoms with van der Waals surface area (Å²) in [6, 6.07) is -0.236. The Morgan fingerprint density at radius 3 is 2.31 bits per heavy atom. The summed E-state index contributed by atoms with van der Waals surface area (Å²) in [5, 5.41) is 3.18. The summed E-state index contributed by atoms with van der Waals surface area (Å²) in [6.07, 6.45) is 0.723. The zero-order valence-electron chi connectivity index (χ0n) is 11.1. The molecule has 0 aliphatic heterocycles. The molecular formula is C12H25NO3. The molecule has 0 aromatic carbocycles. The summed E-state index contributed by atoms with van der Waals surface area (Å²) in [6.45, 7) is 11.5. The first-order valence-electron chi connectivity index (χ1n) is 6.00. The van der Waals surface area contributed by atoms with Gasteiger partial charge < -0.3 is 14.8 Å². The average Bonchev–Trinajstić information content (AvgIpc) is 2.18. The second kappa shape index (κ2) is 7.63. The molecule has 4 nitrogen and oxygen atoms in total. The van der Waals surface area contributed by atoms with Gasteiger partial charge in [-0.15, -0.1) is 0 Å². The van der Waals surface area contributed by atoms with Gasteiger partial charge in [-0.3, -0.25) is 4.79 Å². The van der Waals surface area contributed by atoms with Crippen molar-refractivity contribution in [2.24, 2.45) is 0 Å². The van der Waals surface area contributed by atoms with Crippen molar-refractivity contribution in [2.45, 2.75) is 52.7 Å². The van der Waals surface area contributed by atoms with E-state index in [1.165, 1.54) is 0 Å². The van der Waals surface area contributed by atoms with E-state index in [1.807, 2.05) is 34.6 Å². The molecule has 0 saturated heterocycles. The van der Waals surface area contributed by atoms with Crippen LogP contribution < -0.4 is 5.32 Å². The third-order valence-electron chi connectivity index (χ3n) is 2.29. The fourth-order valence-electron chi connectivity index (χ4n) is 1.45. The average molecular weight is 231 g/mol. The second-order valence-electron chi connectivity index (χ2n) is 4.29. The minimum Gasteiger partial charge on any atom is -0.465 e. The zero-order chi connectivity index (χ0) is 12.6. The Balaban J connectivity index is 4.08. The molecule has 0 heterocycles. The minimum atomic E-state index is -0.255. The first-order valence-corrected chi connectivity index (χ1v) is 6.00. The number of carbonyl (C=O) groups excluding carboxylic acids is 1. The number of ether oxygens (including phenoxy) is 2. The number of esters is 1. The highest BCUT2D eigenvalue weighted by Gasteiger charge is 2.22. The number of nitrogens with one attached hydrogen (secondary N) is 1. The monoisotopic (exact) mass is 231 g/mol. The van der Waals surface area contributed by atoms with E-state index in [0.29, 0.717) is 19.8 Å². The van der Waals surface area contributed by atoms with Gasteiger partial charge in [0.15, 0.2) is 0 Å². The van der Waals surface area contributed by atoms with Crippen LogP contribution in [0.5, 0.6) is 0 Å². The first-order chi connectivity index (χ1) is 7.46. The van der Waals surface area contributed by atoms with Crippen LogP contribution in [0, 0.1) is 0 Å². The predicted molar refractivity (Wildman–Crippen MR) is 64.4 cm³/mol. The molecule has 0 bridgehead atoms. The lowest BCUT2D eigenvalue weighted by atomic mass is 10.1. The van der Waals surface area contributed by atoms with Crippen LogP contribution in [-0.2, 0) is 14.3 Å². The Labute approximate surface area is 98.7 Å². The van der Waals surface area contributed by atoms with Crippen molar-refractivity contribution in [1.29, 1.82) is 0 Å². The first kappa shape index (κ1) is 15.4. The molecule has 0 aromatic heterocycles. The van der Waals surface area contributed by atoms with Crippen LogP contribution >= 0.6 is 0 Å². The van der Waals surface area contributed by atoms with Gasteiger partial charge in [-0.1, -0.05) is 6.92 Å². The molecule has 1 unspecified atom stereocenters. The summed E-state index contributed by atoms with van der Waals surface area (Å²) in [7, 11) is 0. The maximum Gasteiger partial charge on any atom is 0.323 e. The third kappa shape index (κ3) is 6.08. The van der Waals surface area contributed by atoms with E-state index in [4.69, 9.17) is 9.47 Å². The van der Waals surface area contributed by atoms with Crippen LogP contribution in [0.1, 0.15) is 41.0 Å². The summed E-state index contributed by atoms with van der Waals surface area (Å²) in [5.74, 6) is -0.183. The molecule has 4 heteroatoms. The highest BCUT2D eigenvalue weighted by molar-refractivity contribution is 5.75. The number of rotatable bonds is 8. The predicted octanol–water partition coefficient (Wildman–Crippen LogP) is 1.73. The van der Waals surface area contributed by atoms with Crippen molar-refractivity contribution in [1.82, 2.24) is 5.32 Å². The van der Waals surface area contributed by atoms with Crippen molar-refractivity contribution in [3.05, 3.63) is 0 Å². The molecule has 16 heavy (non-hydrogen) atoms. The summed E-state index contributed by atoms with van der Waals surface area (Å²) in [5.41, 5.74) is -0.255. The molecule has 0 spiro atoms.